The molecular formula is C17H21F2N5O3S2. The first-order valence-electron chi connectivity index (χ1n) is 8.75. The second kappa shape index (κ2) is 7.67. The summed E-state index contributed by atoms with van der Waals surface area (Å²) in [6.45, 7) is 4.46. The lowest BCUT2D eigenvalue weighted by Crippen LogP contribution is -2.18. The monoisotopic (exact) mass is 445 g/mol. The van der Waals surface area contributed by atoms with Crippen molar-refractivity contribution < 1.29 is 22.9 Å². The van der Waals surface area contributed by atoms with E-state index in [1.165, 1.54) is 27.0 Å². The Kier molecular flexibility index (Phi) is 5.73. The molecule has 2 aromatic rings. The molecule has 2 aromatic heterocycles. The Morgan fingerprint density at radius 3 is 2.72 bits per heavy atom. The maximum absolute atomic E-state index is 13.3. The summed E-state index contributed by atoms with van der Waals surface area (Å²) >= 11 is 0.880. The number of fused-ring (bicyclic) bond motifs is 1. The fourth-order valence-corrected chi connectivity index (χ4v) is 5.12. The van der Waals surface area contributed by atoms with Gasteiger partial charge in [-0.3, -0.25) is 4.98 Å². The molecule has 0 spiro atoms. The number of aryl methyl sites for hydroxylation is 1. The van der Waals surface area contributed by atoms with E-state index in [1.54, 1.807) is 0 Å². The van der Waals surface area contributed by atoms with Gasteiger partial charge in [0.1, 0.15) is 20.5 Å². The van der Waals surface area contributed by atoms with Crippen LogP contribution in [-0.2, 0) is 28.4 Å². The van der Waals surface area contributed by atoms with Gasteiger partial charge in [0.05, 0.1) is 11.9 Å². The molecule has 0 unspecified atom stereocenters. The third kappa shape index (κ3) is 4.44. The van der Waals surface area contributed by atoms with E-state index in [9.17, 15) is 22.9 Å². The van der Waals surface area contributed by atoms with Gasteiger partial charge >= 0.3 is 6.03 Å². The molecule has 1 aliphatic carbocycles. The predicted molar refractivity (Wildman–Crippen MR) is 105 cm³/mol. The van der Waals surface area contributed by atoms with Crippen molar-refractivity contribution >= 4 is 33.0 Å². The zero-order valence-corrected chi connectivity index (χ0v) is 17.7. The summed E-state index contributed by atoms with van der Waals surface area (Å²) in [5.74, 6) is 0. The number of nitrogens with one attached hydrogen (secondary N) is 1. The Bertz CT molecular complexity index is 1090. The smallest absolute Gasteiger partial charge is 0.354 e. The van der Waals surface area contributed by atoms with Crippen LogP contribution in [0.25, 0.3) is 0 Å². The van der Waals surface area contributed by atoms with Crippen LogP contribution < -0.4 is 10.5 Å². The fourth-order valence-electron chi connectivity index (χ4n) is 3.06. The van der Waals surface area contributed by atoms with Gasteiger partial charge in [-0.2, -0.15) is 0 Å². The van der Waals surface area contributed by atoms with Crippen LogP contribution in [0.2, 0.25) is 0 Å². The standard InChI is InChI=1S/C17H21F2N5O3S2/c1-8-12(9-5-4-6-10(9)22-13(8)14(18)19)23-16(25)24-29(20,27)11-7-21-15(28-11)17(2,3)26/h7,14,26H,4-6H2,1-3H3,(H3,20,22,23,24,25,27)/t29-/m0/s1. The number of aromatic nitrogens is 2. The molecule has 3 rings (SSSR count). The first kappa shape index (κ1) is 21.7. The Morgan fingerprint density at radius 2 is 2.14 bits per heavy atom. The number of anilines is 1. The molecule has 2 heterocycles. The zero-order valence-electron chi connectivity index (χ0n) is 16.0. The van der Waals surface area contributed by atoms with Gasteiger partial charge in [0, 0.05) is 11.3 Å². The molecule has 0 aromatic carbocycles. The number of aliphatic hydroxyl groups is 1. The van der Waals surface area contributed by atoms with Crippen LogP contribution in [0.1, 0.15) is 54.2 Å². The van der Waals surface area contributed by atoms with Crippen molar-refractivity contribution in [2.24, 2.45) is 9.50 Å². The molecule has 0 saturated carbocycles. The molecule has 12 heteroatoms. The first-order chi connectivity index (χ1) is 13.4. The molecule has 2 amide bonds. The van der Waals surface area contributed by atoms with Crippen molar-refractivity contribution in [1.82, 2.24) is 9.97 Å². The van der Waals surface area contributed by atoms with Gasteiger partial charge in [0.25, 0.3) is 6.43 Å². The molecule has 4 N–H and O–H groups in total. The summed E-state index contributed by atoms with van der Waals surface area (Å²) in [7, 11) is -3.63. The number of nitrogens with zero attached hydrogens (tertiary/aromatic N) is 3. The SMILES string of the molecule is Cc1c(C(F)F)nc2c(c1NC(=O)N=[S@](N)(=O)c1cnc(C(C)(C)O)s1)CCC2. The Labute approximate surface area is 170 Å². The summed E-state index contributed by atoms with van der Waals surface area (Å²) in [4.78, 5) is 20.4. The topological polar surface area (TPSA) is 131 Å². The lowest BCUT2D eigenvalue weighted by molar-refractivity contribution is 0.0783. The maximum Gasteiger partial charge on any atom is 0.354 e. The Balaban J connectivity index is 1.95. The number of amides is 2. The number of hydrogen-bond acceptors (Lipinski definition) is 6. The normalized spacial score (nSPS) is 15.9. The first-order valence-corrected chi connectivity index (χ1v) is 11.1. The lowest BCUT2D eigenvalue weighted by Gasteiger charge is -2.15. The molecule has 0 saturated heterocycles. The van der Waals surface area contributed by atoms with Crippen LogP contribution >= 0.6 is 11.3 Å². The van der Waals surface area contributed by atoms with Crippen LogP contribution in [0.3, 0.4) is 0 Å². The minimum absolute atomic E-state index is 0.0229. The highest BCUT2D eigenvalue weighted by atomic mass is 32.2. The number of hydrogen-bond donors (Lipinski definition) is 3. The molecule has 0 fully saturated rings. The molecular weight excluding hydrogens is 424 g/mol. The van der Waals surface area contributed by atoms with Gasteiger partial charge in [0.15, 0.2) is 9.92 Å². The van der Waals surface area contributed by atoms with E-state index in [1.807, 2.05) is 0 Å². The number of alkyl halides is 2. The number of thiazole rings is 1. The van der Waals surface area contributed by atoms with Crippen LogP contribution in [0, 0.1) is 6.92 Å². The van der Waals surface area contributed by atoms with Crippen LogP contribution in [0.15, 0.2) is 14.8 Å². The zero-order chi connectivity index (χ0) is 21.6. The molecule has 8 nitrogen and oxygen atoms in total. The quantitative estimate of drug-likeness (QED) is 0.664. The van der Waals surface area contributed by atoms with Crippen molar-refractivity contribution in [1.29, 1.82) is 0 Å². The van der Waals surface area contributed by atoms with Gasteiger partial charge in [-0.05, 0) is 45.6 Å². The van der Waals surface area contributed by atoms with Crippen LogP contribution in [0.5, 0.6) is 0 Å². The molecule has 0 aliphatic heterocycles. The molecule has 158 valence electrons. The average Bonchev–Trinajstić information content (AvgIpc) is 3.25. The molecule has 0 radical (unpaired) electrons. The summed E-state index contributed by atoms with van der Waals surface area (Å²) in [6, 6.07) is -1.01. The van der Waals surface area contributed by atoms with Crippen molar-refractivity contribution in [3.63, 3.8) is 0 Å². The minimum atomic E-state index is -3.63. The third-order valence-electron chi connectivity index (χ3n) is 4.46. The highest BCUT2D eigenvalue weighted by Crippen LogP contribution is 2.35. The molecule has 1 aliphatic rings. The number of nitrogens with two attached hydrogens (primary N) is 1. The molecule has 1 atom stereocenters. The number of urea groups is 1. The van der Waals surface area contributed by atoms with Crippen molar-refractivity contribution in [2.45, 2.75) is 56.3 Å². The Morgan fingerprint density at radius 1 is 1.45 bits per heavy atom. The van der Waals surface area contributed by atoms with E-state index in [0.717, 1.165) is 17.8 Å². The molecule has 29 heavy (non-hydrogen) atoms. The van der Waals surface area contributed by atoms with Gasteiger partial charge in [-0.1, -0.05) is 0 Å². The summed E-state index contributed by atoms with van der Waals surface area (Å²) < 4.78 is 42.9. The highest BCUT2D eigenvalue weighted by molar-refractivity contribution is 7.93. The summed E-state index contributed by atoms with van der Waals surface area (Å²) in [5, 5.41) is 18.4. The average molecular weight is 446 g/mol. The third-order valence-corrected chi connectivity index (χ3v) is 7.65. The highest BCUT2D eigenvalue weighted by Gasteiger charge is 2.27. The Hall–Kier alpha value is -2.02. The van der Waals surface area contributed by atoms with Gasteiger partial charge in [-0.15, -0.1) is 15.7 Å². The fraction of sp³-hybridized carbons (Fsp3) is 0.471. The number of rotatable bonds is 4. The van der Waals surface area contributed by atoms with E-state index < -0.39 is 33.7 Å². The maximum atomic E-state index is 13.3. The van der Waals surface area contributed by atoms with Crippen molar-refractivity contribution in [2.75, 3.05) is 5.32 Å². The minimum Gasteiger partial charge on any atom is -0.383 e. The van der Waals surface area contributed by atoms with E-state index in [-0.39, 0.29) is 20.5 Å². The number of halogens is 2. The van der Waals surface area contributed by atoms with Gasteiger partial charge in [-0.25, -0.2) is 27.9 Å². The number of pyridine rings is 1. The van der Waals surface area contributed by atoms with E-state index in [4.69, 9.17) is 5.14 Å². The van der Waals surface area contributed by atoms with Crippen LogP contribution in [0.4, 0.5) is 19.3 Å². The van der Waals surface area contributed by atoms with Gasteiger partial charge in [0.2, 0.25) is 0 Å². The predicted octanol–water partition coefficient (Wildman–Crippen LogP) is 3.43. The second-order valence-corrected chi connectivity index (χ2v) is 10.3. The number of carbonyl (C=O) groups excluding carboxylic acids is 1. The van der Waals surface area contributed by atoms with Crippen molar-refractivity contribution in [3.05, 3.63) is 33.7 Å². The van der Waals surface area contributed by atoms with E-state index in [0.29, 0.717) is 24.1 Å². The van der Waals surface area contributed by atoms with Crippen molar-refractivity contribution in [3.8, 4) is 0 Å². The lowest BCUT2D eigenvalue weighted by atomic mass is 10.1. The van der Waals surface area contributed by atoms with E-state index in [2.05, 4.69) is 19.6 Å². The van der Waals surface area contributed by atoms with Gasteiger partial charge < -0.3 is 10.4 Å². The van der Waals surface area contributed by atoms with E-state index >= 15 is 0 Å². The molecule has 0 bridgehead atoms. The summed E-state index contributed by atoms with van der Waals surface area (Å²) in [6.07, 6.45) is 0.280. The number of carbonyl (C=O) groups is 1. The summed E-state index contributed by atoms with van der Waals surface area (Å²) in [5.41, 5.74) is -0.0936. The largest absolute Gasteiger partial charge is 0.383 e. The second-order valence-electron chi connectivity index (χ2n) is 7.21. The van der Waals surface area contributed by atoms with Crippen LogP contribution in [-0.4, -0.2) is 25.3 Å².